The van der Waals surface area contributed by atoms with Crippen molar-refractivity contribution in [3.8, 4) is 0 Å². The number of amides is 2. The first-order chi connectivity index (χ1) is 13.1. The number of aromatic amines is 1. The van der Waals surface area contributed by atoms with E-state index in [1.807, 2.05) is 0 Å². The van der Waals surface area contributed by atoms with Gasteiger partial charge in [0, 0.05) is 24.8 Å². The number of hydrogen-bond acceptors (Lipinski definition) is 8. The lowest BCUT2D eigenvalue weighted by atomic mass is 10.2. The molecule has 0 saturated carbocycles. The van der Waals surface area contributed by atoms with Crippen LogP contribution >= 0.6 is 23.1 Å². The van der Waals surface area contributed by atoms with Gasteiger partial charge in [0.1, 0.15) is 5.69 Å². The van der Waals surface area contributed by atoms with E-state index in [1.54, 1.807) is 24.1 Å². The lowest BCUT2D eigenvalue weighted by Crippen LogP contribution is -2.27. The number of anilines is 1. The summed E-state index contributed by atoms with van der Waals surface area (Å²) in [5, 5.41) is 10.5. The highest BCUT2D eigenvalue weighted by atomic mass is 32.2. The molecular weight excluding hydrogens is 390 g/mol. The van der Waals surface area contributed by atoms with E-state index in [9.17, 15) is 14.4 Å². The van der Waals surface area contributed by atoms with Crippen LogP contribution in [0.25, 0.3) is 0 Å². The molecule has 11 heteroatoms. The maximum atomic E-state index is 12.3. The van der Waals surface area contributed by atoms with Crippen LogP contribution in [-0.4, -0.2) is 63.3 Å². The molecule has 3 heterocycles. The molecule has 2 amide bonds. The second-order valence-corrected chi connectivity index (χ2v) is 7.93. The minimum atomic E-state index is -0.594. The van der Waals surface area contributed by atoms with E-state index >= 15 is 0 Å². The first kappa shape index (κ1) is 19.4. The van der Waals surface area contributed by atoms with Crippen molar-refractivity contribution in [2.75, 3.05) is 30.8 Å². The zero-order chi connectivity index (χ0) is 19.2. The molecule has 0 bridgehead atoms. The zero-order valence-corrected chi connectivity index (χ0v) is 16.3. The lowest BCUT2D eigenvalue weighted by molar-refractivity contribution is 0.0787. The van der Waals surface area contributed by atoms with Crippen LogP contribution in [0.5, 0.6) is 0 Å². The van der Waals surface area contributed by atoms with Crippen molar-refractivity contribution in [3.63, 3.8) is 0 Å². The van der Waals surface area contributed by atoms with Crippen LogP contribution < -0.4 is 5.32 Å². The Kier molecular flexibility index (Phi) is 6.45. The molecule has 1 aliphatic heterocycles. The van der Waals surface area contributed by atoms with Gasteiger partial charge >= 0.3 is 6.09 Å². The normalized spacial score (nSPS) is 13.6. The molecule has 3 rings (SSSR count). The summed E-state index contributed by atoms with van der Waals surface area (Å²) in [7, 11) is 0. The summed E-state index contributed by atoms with van der Waals surface area (Å²) in [6, 6.07) is 1.59. The van der Waals surface area contributed by atoms with Crippen molar-refractivity contribution < 1.29 is 19.1 Å². The van der Waals surface area contributed by atoms with Gasteiger partial charge in [0.15, 0.2) is 10.1 Å². The smallest absolute Gasteiger partial charge is 0.413 e. The van der Waals surface area contributed by atoms with E-state index in [2.05, 4.69) is 20.5 Å². The number of thioether (sulfide) groups is 1. The molecule has 0 aliphatic carbocycles. The molecule has 1 saturated heterocycles. The van der Waals surface area contributed by atoms with Crippen molar-refractivity contribution in [2.24, 2.45) is 0 Å². The maximum absolute atomic E-state index is 12.3. The van der Waals surface area contributed by atoms with E-state index < -0.39 is 6.09 Å². The van der Waals surface area contributed by atoms with E-state index in [0.717, 1.165) is 37.3 Å². The molecule has 27 heavy (non-hydrogen) atoms. The third-order valence-electron chi connectivity index (χ3n) is 3.85. The van der Waals surface area contributed by atoms with E-state index in [4.69, 9.17) is 4.74 Å². The molecule has 0 spiro atoms. The fraction of sp³-hybridized carbons (Fsp3) is 0.438. The molecule has 2 aromatic rings. The van der Waals surface area contributed by atoms with Crippen LogP contribution in [-0.2, 0) is 4.74 Å². The Morgan fingerprint density at radius 2 is 2.11 bits per heavy atom. The summed E-state index contributed by atoms with van der Waals surface area (Å²) in [5.74, 6) is -0.0340. The molecule has 0 aromatic carbocycles. The number of aromatic nitrogens is 3. The fourth-order valence-corrected chi connectivity index (χ4v) is 4.19. The average Bonchev–Trinajstić information content (AvgIpc) is 3.40. The number of nitrogens with one attached hydrogen (secondary N) is 2. The van der Waals surface area contributed by atoms with Crippen LogP contribution in [0.15, 0.2) is 16.6 Å². The Labute approximate surface area is 163 Å². The van der Waals surface area contributed by atoms with Gasteiger partial charge in [-0.25, -0.2) is 4.79 Å². The number of hydrogen-bond donors (Lipinski definition) is 2. The Balaban J connectivity index is 1.52. The highest BCUT2D eigenvalue weighted by Gasteiger charge is 2.22. The summed E-state index contributed by atoms with van der Waals surface area (Å²) in [4.78, 5) is 40.7. The molecule has 1 fully saturated rings. The summed E-state index contributed by atoms with van der Waals surface area (Å²) in [5.41, 5.74) is 0.890. The lowest BCUT2D eigenvalue weighted by Gasteiger charge is -2.13. The molecule has 144 valence electrons. The van der Waals surface area contributed by atoms with Gasteiger partial charge in [-0.2, -0.15) is 0 Å². The minimum Gasteiger partial charge on any atom is -0.450 e. The number of likely N-dealkylation sites (tertiary alicyclic amines) is 1. The monoisotopic (exact) mass is 409 g/mol. The third kappa shape index (κ3) is 5.07. The molecule has 0 atom stereocenters. The van der Waals surface area contributed by atoms with Gasteiger partial charge < -0.3 is 14.6 Å². The van der Waals surface area contributed by atoms with E-state index in [0.29, 0.717) is 20.7 Å². The molecule has 0 unspecified atom stereocenters. The molecule has 2 aromatic heterocycles. The molecule has 0 radical (unpaired) electrons. The quantitative estimate of drug-likeness (QED) is 0.410. The maximum Gasteiger partial charge on any atom is 0.413 e. The van der Waals surface area contributed by atoms with Crippen LogP contribution in [0, 0.1) is 0 Å². The molecule has 2 N–H and O–H groups in total. The van der Waals surface area contributed by atoms with Gasteiger partial charge in [-0.15, -0.1) is 10.2 Å². The second-order valence-electron chi connectivity index (χ2n) is 5.73. The molecule has 1 aliphatic rings. The first-order valence-corrected chi connectivity index (χ1v) is 10.3. The minimum absolute atomic E-state index is 0.0713. The fourth-order valence-electron chi connectivity index (χ4n) is 2.55. The van der Waals surface area contributed by atoms with E-state index in [-0.39, 0.29) is 24.1 Å². The largest absolute Gasteiger partial charge is 0.450 e. The van der Waals surface area contributed by atoms with Gasteiger partial charge in [0.25, 0.3) is 5.91 Å². The summed E-state index contributed by atoms with van der Waals surface area (Å²) >= 11 is 2.38. The Morgan fingerprint density at radius 1 is 1.33 bits per heavy atom. The third-order valence-corrected chi connectivity index (χ3v) is 5.82. The van der Waals surface area contributed by atoms with Gasteiger partial charge in [0.2, 0.25) is 5.13 Å². The van der Waals surface area contributed by atoms with Crippen LogP contribution in [0.4, 0.5) is 9.93 Å². The SMILES string of the molecule is CCOC(=O)Nc1nnc(SCC(=O)c2c[nH]c(C(=O)N3CCCC3)c2)s1. The standard InChI is InChI=1S/C16H19N5O4S2/c1-2-25-15(24)18-14-19-20-16(27-14)26-9-12(22)10-7-11(17-8-10)13(23)21-5-3-4-6-21/h7-8,17H,2-6,9H2,1H3,(H,18,19,24). The van der Waals surface area contributed by atoms with Gasteiger partial charge in [0.05, 0.1) is 12.4 Å². The van der Waals surface area contributed by atoms with Crippen molar-refractivity contribution in [2.45, 2.75) is 24.1 Å². The highest BCUT2D eigenvalue weighted by molar-refractivity contribution is 8.01. The number of ketones is 1. The predicted octanol–water partition coefficient (Wildman–Crippen LogP) is 2.65. The number of nitrogens with zero attached hydrogens (tertiary/aromatic N) is 3. The van der Waals surface area contributed by atoms with Gasteiger partial charge in [-0.05, 0) is 25.8 Å². The number of H-pyrrole nitrogens is 1. The molecule has 9 nitrogen and oxygen atoms in total. The Bertz CT molecular complexity index is 828. The molecular formula is C16H19N5O4S2. The van der Waals surface area contributed by atoms with Crippen LogP contribution in [0.2, 0.25) is 0 Å². The van der Waals surface area contributed by atoms with Crippen molar-refractivity contribution in [1.82, 2.24) is 20.1 Å². The van der Waals surface area contributed by atoms with Crippen molar-refractivity contribution in [3.05, 3.63) is 23.5 Å². The van der Waals surface area contributed by atoms with Gasteiger partial charge in [-0.3, -0.25) is 14.9 Å². The van der Waals surface area contributed by atoms with Crippen LogP contribution in [0.1, 0.15) is 40.6 Å². The predicted molar refractivity (Wildman–Crippen MR) is 102 cm³/mol. The Hall–Kier alpha value is -2.40. The number of carbonyl (C=O) groups is 3. The Morgan fingerprint density at radius 3 is 2.85 bits per heavy atom. The van der Waals surface area contributed by atoms with E-state index in [1.165, 1.54) is 11.8 Å². The number of carbonyl (C=O) groups excluding carboxylic acids is 3. The van der Waals surface area contributed by atoms with Crippen molar-refractivity contribution in [1.29, 1.82) is 0 Å². The summed E-state index contributed by atoms with van der Waals surface area (Å²) < 4.78 is 5.32. The highest BCUT2D eigenvalue weighted by Crippen LogP contribution is 2.26. The van der Waals surface area contributed by atoms with Gasteiger partial charge in [-0.1, -0.05) is 23.1 Å². The summed E-state index contributed by atoms with van der Waals surface area (Å²) in [6.07, 6.45) is 3.00. The zero-order valence-electron chi connectivity index (χ0n) is 14.7. The number of ether oxygens (including phenoxy) is 1. The topological polar surface area (TPSA) is 117 Å². The number of Topliss-reactive ketones (excluding diaryl/α,β-unsaturated/α-hetero) is 1. The van der Waals surface area contributed by atoms with Crippen molar-refractivity contribution >= 4 is 46.0 Å². The summed E-state index contributed by atoms with van der Waals surface area (Å²) in [6.45, 7) is 3.49. The van der Waals surface area contributed by atoms with Crippen LogP contribution in [0.3, 0.4) is 0 Å². The number of rotatable bonds is 7. The average molecular weight is 409 g/mol. The second kappa shape index (κ2) is 9.00. The first-order valence-electron chi connectivity index (χ1n) is 8.47.